The average Bonchev–Trinajstić information content (AvgIpc) is 3.28. The van der Waals surface area contributed by atoms with Crippen molar-refractivity contribution in [1.29, 1.82) is 0 Å². The van der Waals surface area contributed by atoms with Gasteiger partial charge in [0.25, 0.3) is 10.0 Å². The Morgan fingerprint density at radius 3 is 2.78 bits per heavy atom. The highest BCUT2D eigenvalue weighted by molar-refractivity contribution is 7.91. The smallest absolute Gasteiger partial charge is 0.253 e. The van der Waals surface area contributed by atoms with Crippen molar-refractivity contribution in [3.8, 4) is 0 Å². The third-order valence-corrected chi connectivity index (χ3v) is 9.98. The first-order valence-electron chi connectivity index (χ1n) is 11.8. The highest BCUT2D eigenvalue weighted by Gasteiger charge is 2.39. The molecule has 0 radical (unpaired) electrons. The molecule has 0 spiro atoms. The van der Waals surface area contributed by atoms with E-state index in [2.05, 4.69) is 15.3 Å². The van der Waals surface area contributed by atoms with E-state index in [0.29, 0.717) is 29.4 Å². The number of nitrogen functional groups attached to an aromatic ring is 1. The van der Waals surface area contributed by atoms with Crippen molar-refractivity contribution >= 4 is 65.7 Å². The summed E-state index contributed by atoms with van der Waals surface area (Å²) in [7, 11) is -3.87. The van der Waals surface area contributed by atoms with E-state index in [4.69, 9.17) is 17.3 Å². The Morgan fingerprint density at radius 1 is 1.19 bits per heavy atom. The van der Waals surface area contributed by atoms with E-state index >= 15 is 0 Å². The van der Waals surface area contributed by atoms with Crippen LogP contribution in [0.2, 0.25) is 5.02 Å². The number of carbonyl (C=O) groups is 1. The molecule has 2 aromatic heterocycles. The number of nitrogens with zero attached hydrogens (tertiary/aromatic N) is 4. The van der Waals surface area contributed by atoms with Crippen molar-refractivity contribution in [2.45, 2.75) is 36.7 Å². The fraction of sp³-hybridized carbons (Fsp3) is 0.320. The standard InChI is InChI=1S/C25H27ClN6O3S2/c1-15(2)28-10-19-12-31(37(34,35)24-8-17-4-5-18(26)9-22(17)36-24)13-23(33)32(19)11-16-3-6-20-21(7-16)29-14-30-25(20)27/h3-9,14-15,19,28H,10-13H2,1-2H3,(H2,27,29,30)/t19-/m1/s1. The number of halogens is 1. The molecule has 1 aliphatic rings. The van der Waals surface area contributed by atoms with Crippen LogP contribution in [0, 0.1) is 0 Å². The average molecular weight is 559 g/mol. The quantitative estimate of drug-likeness (QED) is 0.356. The largest absolute Gasteiger partial charge is 0.383 e. The number of anilines is 1. The Balaban J connectivity index is 1.42. The summed E-state index contributed by atoms with van der Waals surface area (Å²) in [5.74, 6) is 0.144. The van der Waals surface area contributed by atoms with Crippen molar-refractivity contribution in [2.75, 3.05) is 25.4 Å². The van der Waals surface area contributed by atoms with Gasteiger partial charge in [-0.05, 0) is 41.3 Å². The van der Waals surface area contributed by atoms with Crippen molar-refractivity contribution in [1.82, 2.24) is 24.5 Å². The van der Waals surface area contributed by atoms with Crippen LogP contribution in [-0.2, 0) is 21.4 Å². The molecule has 1 fully saturated rings. The zero-order valence-corrected chi connectivity index (χ0v) is 22.8. The van der Waals surface area contributed by atoms with Gasteiger partial charge in [0.15, 0.2) is 0 Å². The minimum atomic E-state index is -3.87. The fourth-order valence-corrected chi connectivity index (χ4v) is 7.70. The van der Waals surface area contributed by atoms with E-state index in [1.165, 1.54) is 10.6 Å². The number of fused-ring (bicyclic) bond motifs is 2. The van der Waals surface area contributed by atoms with Gasteiger partial charge in [-0.1, -0.05) is 37.6 Å². The predicted molar refractivity (Wildman–Crippen MR) is 147 cm³/mol. The topological polar surface area (TPSA) is 122 Å². The van der Waals surface area contributed by atoms with Gasteiger partial charge in [-0.2, -0.15) is 4.31 Å². The molecule has 0 saturated carbocycles. The van der Waals surface area contributed by atoms with Crippen LogP contribution in [0.15, 0.2) is 53.0 Å². The third kappa shape index (κ3) is 5.27. The summed E-state index contributed by atoms with van der Waals surface area (Å²) in [5, 5.41) is 5.46. The second-order valence-corrected chi connectivity index (χ2v) is 13.1. The number of amides is 1. The number of nitrogens with one attached hydrogen (secondary N) is 1. The molecule has 194 valence electrons. The summed E-state index contributed by atoms with van der Waals surface area (Å²) in [6.45, 7) is 4.78. The molecule has 5 rings (SSSR count). The summed E-state index contributed by atoms with van der Waals surface area (Å²) in [5.41, 5.74) is 7.52. The van der Waals surface area contributed by atoms with Crippen molar-refractivity contribution in [2.24, 2.45) is 0 Å². The van der Waals surface area contributed by atoms with E-state index in [1.807, 2.05) is 32.0 Å². The Bertz CT molecular complexity index is 1590. The number of hydrogen-bond donors (Lipinski definition) is 2. The SMILES string of the molecule is CC(C)NC[C@@H]1CN(S(=O)(=O)c2cc3ccc(Cl)cc3s2)CC(=O)N1Cc1ccc2c(N)ncnc2c1. The molecule has 0 unspecified atom stereocenters. The van der Waals surface area contributed by atoms with Crippen LogP contribution in [0.25, 0.3) is 21.0 Å². The number of nitrogens with two attached hydrogens (primary N) is 1. The van der Waals surface area contributed by atoms with Gasteiger partial charge in [0.1, 0.15) is 16.4 Å². The normalized spacial score (nSPS) is 17.4. The number of carbonyl (C=O) groups excluding carboxylic acids is 1. The van der Waals surface area contributed by atoms with Crippen molar-refractivity contribution in [3.05, 3.63) is 59.4 Å². The lowest BCUT2D eigenvalue weighted by Gasteiger charge is -2.40. The van der Waals surface area contributed by atoms with E-state index in [9.17, 15) is 13.2 Å². The lowest BCUT2D eigenvalue weighted by atomic mass is 10.1. The van der Waals surface area contributed by atoms with Gasteiger partial charge in [-0.3, -0.25) is 4.79 Å². The van der Waals surface area contributed by atoms with E-state index in [-0.39, 0.29) is 35.3 Å². The number of sulfonamides is 1. The van der Waals surface area contributed by atoms with Crippen LogP contribution in [-0.4, -0.2) is 65.2 Å². The van der Waals surface area contributed by atoms with Crippen LogP contribution >= 0.6 is 22.9 Å². The summed E-state index contributed by atoms with van der Waals surface area (Å²) in [6, 6.07) is 12.4. The minimum absolute atomic E-state index is 0.177. The van der Waals surface area contributed by atoms with E-state index in [1.54, 1.807) is 29.2 Å². The molecule has 1 amide bonds. The monoisotopic (exact) mass is 558 g/mol. The van der Waals surface area contributed by atoms with Crippen LogP contribution in [0.5, 0.6) is 0 Å². The molecule has 37 heavy (non-hydrogen) atoms. The van der Waals surface area contributed by atoms with Crippen LogP contribution in [0.4, 0.5) is 5.82 Å². The molecule has 0 bridgehead atoms. The third-order valence-electron chi connectivity index (χ3n) is 6.39. The maximum atomic E-state index is 13.6. The molecule has 4 aromatic rings. The van der Waals surface area contributed by atoms with Crippen LogP contribution in [0.3, 0.4) is 0 Å². The van der Waals surface area contributed by atoms with Crippen LogP contribution in [0.1, 0.15) is 19.4 Å². The fourth-order valence-electron chi connectivity index (χ4n) is 4.44. The van der Waals surface area contributed by atoms with Gasteiger partial charge < -0.3 is 16.0 Å². The number of piperazine rings is 1. The first-order valence-corrected chi connectivity index (χ1v) is 14.5. The predicted octanol–water partition coefficient (Wildman–Crippen LogP) is 3.48. The molecule has 3 N–H and O–H groups in total. The zero-order valence-electron chi connectivity index (χ0n) is 20.4. The van der Waals surface area contributed by atoms with Crippen LogP contribution < -0.4 is 11.1 Å². The van der Waals surface area contributed by atoms with Gasteiger partial charge in [-0.25, -0.2) is 18.4 Å². The maximum absolute atomic E-state index is 13.6. The van der Waals surface area contributed by atoms with E-state index < -0.39 is 10.0 Å². The summed E-state index contributed by atoms with van der Waals surface area (Å²) in [4.78, 5) is 23.5. The molecule has 1 aliphatic heterocycles. The first kappa shape index (κ1) is 25.8. The van der Waals surface area contributed by atoms with E-state index in [0.717, 1.165) is 32.4 Å². The van der Waals surface area contributed by atoms with Crippen molar-refractivity contribution in [3.63, 3.8) is 0 Å². The summed E-state index contributed by atoms with van der Waals surface area (Å²) < 4.78 is 29.5. The summed E-state index contributed by atoms with van der Waals surface area (Å²) >= 11 is 7.25. The molecule has 1 saturated heterocycles. The second kappa shape index (κ2) is 10.1. The number of aromatic nitrogens is 2. The minimum Gasteiger partial charge on any atom is -0.383 e. The van der Waals surface area contributed by atoms with Gasteiger partial charge in [0.2, 0.25) is 5.91 Å². The molecule has 3 heterocycles. The molecule has 12 heteroatoms. The van der Waals surface area contributed by atoms with Gasteiger partial charge in [0.05, 0.1) is 18.1 Å². The molecule has 0 aliphatic carbocycles. The molecule has 1 atom stereocenters. The second-order valence-electron chi connectivity index (χ2n) is 9.39. The lowest BCUT2D eigenvalue weighted by Crippen LogP contribution is -2.60. The number of benzene rings is 2. The maximum Gasteiger partial charge on any atom is 0.253 e. The lowest BCUT2D eigenvalue weighted by molar-refractivity contribution is -0.138. The molecular formula is C25H27ClN6O3S2. The molecular weight excluding hydrogens is 532 g/mol. The molecule has 9 nitrogen and oxygen atoms in total. The van der Waals surface area contributed by atoms with Gasteiger partial charge >= 0.3 is 0 Å². The Hall–Kier alpha value is -2.83. The number of hydrogen-bond acceptors (Lipinski definition) is 8. The zero-order chi connectivity index (χ0) is 26.3. The Kier molecular flexibility index (Phi) is 7.08. The highest BCUT2D eigenvalue weighted by atomic mass is 35.5. The van der Waals surface area contributed by atoms with Gasteiger partial charge in [-0.15, -0.1) is 11.3 Å². The summed E-state index contributed by atoms with van der Waals surface area (Å²) in [6.07, 6.45) is 1.41. The number of thiophene rings is 1. The Morgan fingerprint density at radius 2 is 2.00 bits per heavy atom. The Labute approximate surface area is 224 Å². The molecule has 2 aromatic carbocycles. The highest BCUT2D eigenvalue weighted by Crippen LogP contribution is 2.33. The van der Waals surface area contributed by atoms with Crippen molar-refractivity contribution < 1.29 is 13.2 Å². The van der Waals surface area contributed by atoms with Gasteiger partial charge in [0, 0.05) is 40.8 Å². The number of rotatable bonds is 7. The first-order chi connectivity index (χ1) is 17.6.